The standard InChI is InChI=1S/C16H14O4S/c1-19-15(17)13-8-4-3-7-12(13)14(16(18)20-2)10-11-6-5-9-21-11/h3-10H,1-2H3/b14-10-. The molecule has 0 radical (unpaired) electrons. The van der Waals surface area contributed by atoms with Gasteiger partial charge in [0.05, 0.1) is 25.4 Å². The Morgan fingerprint density at radius 1 is 1.00 bits per heavy atom. The molecule has 1 heterocycles. The van der Waals surface area contributed by atoms with Crippen LogP contribution in [0.25, 0.3) is 11.6 Å². The maximum atomic E-state index is 12.1. The number of esters is 2. The van der Waals surface area contributed by atoms with Crippen LogP contribution < -0.4 is 0 Å². The molecule has 2 aromatic rings. The lowest BCUT2D eigenvalue weighted by Crippen LogP contribution is -2.10. The van der Waals surface area contributed by atoms with Crippen molar-refractivity contribution in [1.82, 2.24) is 0 Å². The smallest absolute Gasteiger partial charge is 0.338 e. The average Bonchev–Trinajstić information content (AvgIpc) is 3.04. The fraction of sp³-hybridized carbons (Fsp3) is 0.125. The van der Waals surface area contributed by atoms with Crippen molar-refractivity contribution in [3.05, 3.63) is 57.8 Å². The van der Waals surface area contributed by atoms with Crippen molar-refractivity contribution in [3.63, 3.8) is 0 Å². The maximum Gasteiger partial charge on any atom is 0.338 e. The van der Waals surface area contributed by atoms with Gasteiger partial charge in [0.1, 0.15) is 0 Å². The number of ether oxygens (including phenoxy) is 2. The van der Waals surface area contributed by atoms with Crippen molar-refractivity contribution in [3.8, 4) is 0 Å². The summed E-state index contributed by atoms with van der Waals surface area (Å²) in [6, 6.07) is 10.6. The number of hydrogen-bond acceptors (Lipinski definition) is 5. The molecule has 108 valence electrons. The number of methoxy groups -OCH3 is 2. The minimum absolute atomic E-state index is 0.320. The van der Waals surface area contributed by atoms with Gasteiger partial charge in [-0.2, -0.15) is 0 Å². The molecule has 5 heteroatoms. The van der Waals surface area contributed by atoms with E-state index in [1.807, 2.05) is 17.5 Å². The van der Waals surface area contributed by atoms with Gasteiger partial charge in [-0.1, -0.05) is 24.3 Å². The molecule has 0 atom stereocenters. The summed E-state index contributed by atoms with van der Waals surface area (Å²) in [4.78, 5) is 24.8. The minimum atomic E-state index is -0.500. The zero-order valence-electron chi connectivity index (χ0n) is 11.7. The molecule has 0 saturated heterocycles. The van der Waals surface area contributed by atoms with Crippen LogP contribution in [0.1, 0.15) is 20.8 Å². The van der Waals surface area contributed by atoms with Gasteiger partial charge in [-0.3, -0.25) is 0 Å². The third kappa shape index (κ3) is 3.38. The Morgan fingerprint density at radius 2 is 1.71 bits per heavy atom. The van der Waals surface area contributed by atoms with Gasteiger partial charge in [-0.15, -0.1) is 11.3 Å². The number of hydrogen-bond donors (Lipinski definition) is 0. The summed E-state index contributed by atoms with van der Waals surface area (Å²) >= 11 is 1.49. The van der Waals surface area contributed by atoms with Crippen molar-refractivity contribution in [2.24, 2.45) is 0 Å². The fourth-order valence-electron chi connectivity index (χ4n) is 1.88. The lowest BCUT2D eigenvalue weighted by molar-refractivity contribution is -0.133. The van der Waals surface area contributed by atoms with Crippen molar-refractivity contribution in [2.45, 2.75) is 0 Å². The van der Waals surface area contributed by atoms with Gasteiger partial charge in [0.15, 0.2) is 0 Å². The number of benzene rings is 1. The Bertz CT molecular complexity index is 671. The molecule has 1 aromatic carbocycles. The Balaban J connectivity index is 2.58. The Kier molecular flexibility index (Phi) is 4.90. The van der Waals surface area contributed by atoms with E-state index in [-0.39, 0.29) is 0 Å². The number of carbonyl (C=O) groups excluding carboxylic acids is 2. The third-order valence-corrected chi connectivity index (χ3v) is 3.68. The summed E-state index contributed by atoms with van der Waals surface area (Å²) < 4.78 is 9.59. The van der Waals surface area contributed by atoms with E-state index in [9.17, 15) is 9.59 Å². The van der Waals surface area contributed by atoms with Gasteiger partial charge in [0.2, 0.25) is 0 Å². The predicted octanol–water partition coefficient (Wildman–Crippen LogP) is 3.25. The largest absolute Gasteiger partial charge is 0.465 e. The van der Waals surface area contributed by atoms with Crippen LogP contribution in [0.4, 0.5) is 0 Å². The first-order valence-corrected chi connectivity index (χ1v) is 7.06. The SMILES string of the molecule is COC(=O)/C(=C\c1cccs1)c1ccccc1C(=O)OC. The van der Waals surface area contributed by atoms with Crippen molar-refractivity contribution in [2.75, 3.05) is 14.2 Å². The number of carbonyl (C=O) groups is 2. The lowest BCUT2D eigenvalue weighted by atomic mass is 9.99. The molecule has 21 heavy (non-hydrogen) atoms. The normalized spacial score (nSPS) is 11.0. The van der Waals surface area contributed by atoms with E-state index in [1.165, 1.54) is 25.6 Å². The van der Waals surface area contributed by atoms with Gasteiger partial charge in [0, 0.05) is 10.4 Å². The highest BCUT2D eigenvalue weighted by atomic mass is 32.1. The Labute approximate surface area is 126 Å². The highest BCUT2D eigenvalue weighted by Gasteiger charge is 2.20. The molecule has 1 aromatic heterocycles. The first kappa shape index (κ1) is 15.0. The summed E-state index contributed by atoms with van der Waals surface area (Å²) in [5.41, 5.74) is 1.14. The van der Waals surface area contributed by atoms with Gasteiger partial charge >= 0.3 is 11.9 Å². The molecule has 0 bridgehead atoms. The molecule has 0 spiro atoms. The quantitative estimate of drug-likeness (QED) is 0.642. The summed E-state index contributed by atoms with van der Waals surface area (Å²) in [5.74, 6) is -0.994. The van der Waals surface area contributed by atoms with Gasteiger partial charge in [-0.25, -0.2) is 9.59 Å². The molecule has 0 N–H and O–H groups in total. The van der Waals surface area contributed by atoms with Crippen LogP contribution in [-0.4, -0.2) is 26.2 Å². The first-order chi connectivity index (χ1) is 10.2. The van der Waals surface area contributed by atoms with Gasteiger partial charge in [0.25, 0.3) is 0 Å². The lowest BCUT2D eigenvalue weighted by Gasteiger charge is -2.10. The second kappa shape index (κ2) is 6.85. The molecule has 0 unspecified atom stereocenters. The summed E-state index contributed by atoms with van der Waals surface area (Å²) in [6.07, 6.45) is 1.71. The number of rotatable bonds is 4. The second-order valence-electron chi connectivity index (χ2n) is 4.10. The van der Waals surface area contributed by atoms with E-state index in [0.29, 0.717) is 16.7 Å². The van der Waals surface area contributed by atoms with Crippen molar-refractivity contribution in [1.29, 1.82) is 0 Å². The fourth-order valence-corrected chi connectivity index (χ4v) is 2.54. The minimum Gasteiger partial charge on any atom is -0.465 e. The van der Waals surface area contributed by atoms with E-state index in [4.69, 9.17) is 9.47 Å². The Morgan fingerprint density at radius 3 is 2.29 bits per heavy atom. The molecule has 2 rings (SSSR count). The summed E-state index contributed by atoms with van der Waals surface area (Å²) in [5, 5.41) is 1.91. The topological polar surface area (TPSA) is 52.6 Å². The second-order valence-corrected chi connectivity index (χ2v) is 5.08. The van der Waals surface area contributed by atoms with Gasteiger partial charge < -0.3 is 9.47 Å². The average molecular weight is 302 g/mol. The number of thiophene rings is 1. The van der Waals surface area contributed by atoms with E-state index < -0.39 is 11.9 Å². The maximum absolute atomic E-state index is 12.1. The molecule has 0 aliphatic rings. The van der Waals surface area contributed by atoms with Crippen molar-refractivity contribution >= 4 is 34.9 Å². The molecule has 0 aliphatic carbocycles. The van der Waals surface area contributed by atoms with E-state index in [0.717, 1.165) is 4.88 Å². The van der Waals surface area contributed by atoms with Crippen LogP contribution in [0, 0.1) is 0 Å². The highest BCUT2D eigenvalue weighted by Crippen LogP contribution is 2.25. The van der Waals surface area contributed by atoms with Crippen LogP contribution in [0.15, 0.2) is 41.8 Å². The molecule has 0 amide bonds. The molecule has 0 saturated carbocycles. The summed E-state index contributed by atoms with van der Waals surface area (Å²) in [7, 11) is 2.62. The summed E-state index contributed by atoms with van der Waals surface area (Å²) in [6.45, 7) is 0. The van der Waals surface area contributed by atoms with Crippen LogP contribution in [0.3, 0.4) is 0 Å². The zero-order valence-corrected chi connectivity index (χ0v) is 12.5. The van der Waals surface area contributed by atoms with Crippen LogP contribution in [0.5, 0.6) is 0 Å². The van der Waals surface area contributed by atoms with Crippen LogP contribution >= 0.6 is 11.3 Å². The van der Waals surface area contributed by atoms with E-state index >= 15 is 0 Å². The Hall–Kier alpha value is -2.40. The van der Waals surface area contributed by atoms with Gasteiger partial charge in [-0.05, 0) is 23.6 Å². The molecule has 4 nitrogen and oxygen atoms in total. The highest BCUT2D eigenvalue weighted by molar-refractivity contribution is 7.11. The third-order valence-electron chi connectivity index (χ3n) is 2.86. The zero-order chi connectivity index (χ0) is 15.2. The molecular formula is C16H14O4S. The van der Waals surface area contributed by atoms with Crippen LogP contribution in [-0.2, 0) is 14.3 Å². The monoisotopic (exact) mass is 302 g/mol. The molecular weight excluding hydrogens is 288 g/mol. The van der Waals surface area contributed by atoms with Crippen molar-refractivity contribution < 1.29 is 19.1 Å². The molecule has 0 fully saturated rings. The van der Waals surface area contributed by atoms with E-state index in [2.05, 4.69) is 0 Å². The predicted molar refractivity (Wildman–Crippen MR) is 82.0 cm³/mol. The van der Waals surface area contributed by atoms with E-state index in [1.54, 1.807) is 30.3 Å². The van der Waals surface area contributed by atoms with Crippen LogP contribution in [0.2, 0.25) is 0 Å². The molecule has 0 aliphatic heterocycles. The first-order valence-electron chi connectivity index (χ1n) is 6.18.